The largest absolute Gasteiger partial charge is 0.308 e. The van der Waals surface area contributed by atoms with Crippen molar-refractivity contribution in [1.29, 1.82) is 0 Å². The number of benzene rings is 1. The average molecular weight is 232 g/mol. The molecule has 0 heterocycles. The van der Waals surface area contributed by atoms with Crippen molar-refractivity contribution < 1.29 is 0 Å². The van der Waals surface area contributed by atoms with Crippen LogP contribution in [-0.2, 0) is 6.54 Å². The van der Waals surface area contributed by atoms with Crippen LogP contribution >= 0.6 is 0 Å². The summed E-state index contributed by atoms with van der Waals surface area (Å²) >= 11 is 0. The first-order valence-corrected chi connectivity index (χ1v) is 6.71. The van der Waals surface area contributed by atoms with Gasteiger partial charge in [-0.25, -0.2) is 0 Å². The molecule has 94 valence electrons. The second-order valence-electron chi connectivity index (χ2n) is 5.29. The molecule has 1 fully saturated rings. The number of nitrogens with zero attached hydrogens (tertiary/aromatic N) is 1. The molecule has 2 atom stereocenters. The Kier molecular flexibility index (Phi) is 4.57. The molecule has 0 amide bonds. The summed E-state index contributed by atoms with van der Waals surface area (Å²) < 4.78 is 0. The van der Waals surface area contributed by atoms with Crippen molar-refractivity contribution in [3.8, 4) is 0 Å². The lowest BCUT2D eigenvalue weighted by Gasteiger charge is -2.36. The van der Waals surface area contributed by atoms with Gasteiger partial charge in [-0.2, -0.15) is 0 Å². The predicted octanol–water partition coefficient (Wildman–Crippen LogP) is 2.65. The third-order valence-corrected chi connectivity index (χ3v) is 3.80. The van der Waals surface area contributed by atoms with Gasteiger partial charge in [-0.1, -0.05) is 43.2 Å². The van der Waals surface area contributed by atoms with E-state index in [9.17, 15) is 0 Å². The van der Waals surface area contributed by atoms with Crippen molar-refractivity contribution in [2.75, 3.05) is 14.1 Å². The zero-order valence-corrected chi connectivity index (χ0v) is 11.0. The molecule has 0 radical (unpaired) electrons. The molecule has 0 spiro atoms. The highest BCUT2D eigenvalue weighted by Gasteiger charge is 2.25. The number of rotatable bonds is 4. The summed E-state index contributed by atoms with van der Waals surface area (Å²) in [6.07, 6.45) is 5.40. The molecular weight excluding hydrogens is 208 g/mol. The summed E-state index contributed by atoms with van der Waals surface area (Å²) in [5.41, 5.74) is 1.38. The van der Waals surface area contributed by atoms with E-state index >= 15 is 0 Å². The second-order valence-corrected chi connectivity index (χ2v) is 5.29. The molecular formula is C15H24N2. The number of likely N-dealkylation sites (N-methyl/N-ethyl adjacent to an activating group) is 1. The van der Waals surface area contributed by atoms with Crippen LogP contribution in [0.3, 0.4) is 0 Å². The monoisotopic (exact) mass is 232 g/mol. The van der Waals surface area contributed by atoms with E-state index in [1.807, 2.05) is 0 Å². The molecule has 1 aromatic rings. The maximum atomic E-state index is 3.73. The van der Waals surface area contributed by atoms with Gasteiger partial charge in [0.2, 0.25) is 0 Å². The van der Waals surface area contributed by atoms with E-state index < -0.39 is 0 Å². The predicted molar refractivity (Wildman–Crippen MR) is 73.0 cm³/mol. The first kappa shape index (κ1) is 12.6. The molecule has 2 rings (SSSR count). The smallest absolute Gasteiger partial charge is 0.0243 e. The van der Waals surface area contributed by atoms with Gasteiger partial charge in [0, 0.05) is 18.6 Å². The first-order valence-electron chi connectivity index (χ1n) is 6.71. The van der Waals surface area contributed by atoms with Crippen molar-refractivity contribution in [2.24, 2.45) is 0 Å². The molecule has 1 saturated carbocycles. The summed E-state index contributed by atoms with van der Waals surface area (Å²) in [4.78, 5) is 2.38. The molecule has 17 heavy (non-hydrogen) atoms. The molecule has 1 aromatic carbocycles. The zero-order chi connectivity index (χ0) is 12.1. The standard InChI is InChI=1S/C15H24N2/c1-17(2)15-11-7-6-10-14(15)16-12-13-8-4-3-5-9-13/h3-5,8-9,14-16H,6-7,10-12H2,1-2H3. The van der Waals surface area contributed by atoms with Gasteiger partial charge in [0.15, 0.2) is 0 Å². The minimum Gasteiger partial charge on any atom is -0.308 e. The average Bonchev–Trinajstić information content (AvgIpc) is 2.38. The van der Waals surface area contributed by atoms with Crippen molar-refractivity contribution in [3.63, 3.8) is 0 Å². The summed E-state index contributed by atoms with van der Waals surface area (Å²) in [6.45, 7) is 0.996. The van der Waals surface area contributed by atoms with Gasteiger partial charge in [-0.15, -0.1) is 0 Å². The molecule has 2 nitrogen and oxygen atoms in total. The Bertz CT molecular complexity index is 321. The molecule has 0 aliphatic heterocycles. The van der Waals surface area contributed by atoms with Gasteiger partial charge in [0.05, 0.1) is 0 Å². The molecule has 2 unspecified atom stereocenters. The van der Waals surface area contributed by atoms with Crippen molar-refractivity contribution in [1.82, 2.24) is 10.2 Å². The van der Waals surface area contributed by atoms with E-state index in [-0.39, 0.29) is 0 Å². The topological polar surface area (TPSA) is 15.3 Å². The Hall–Kier alpha value is -0.860. The Morgan fingerprint density at radius 3 is 2.53 bits per heavy atom. The highest BCUT2D eigenvalue weighted by Crippen LogP contribution is 2.22. The molecule has 1 aliphatic carbocycles. The van der Waals surface area contributed by atoms with E-state index in [0.717, 1.165) is 6.54 Å². The van der Waals surface area contributed by atoms with E-state index in [1.165, 1.54) is 31.2 Å². The maximum absolute atomic E-state index is 3.73. The molecule has 1 aliphatic rings. The van der Waals surface area contributed by atoms with Crippen molar-refractivity contribution in [2.45, 2.75) is 44.3 Å². The Balaban J connectivity index is 1.88. The van der Waals surface area contributed by atoms with E-state index in [4.69, 9.17) is 0 Å². The summed E-state index contributed by atoms with van der Waals surface area (Å²) in [6, 6.07) is 12.0. The van der Waals surface area contributed by atoms with Crippen molar-refractivity contribution >= 4 is 0 Å². The summed E-state index contributed by atoms with van der Waals surface area (Å²) in [5, 5.41) is 3.73. The normalized spacial score (nSPS) is 25.1. The Labute approximate surface area is 105 Å². The molecule has 0 bridgehead atoms. The van der Waals surface area contributed by atoms with Gasteiger partial charge < -0.3 is 10.2 Å². The molecule has 0 aromatic heterocycles. The van der Waals surface area contributed by atoms with Crippen LogP contribution in [0, 0.1) is 0 Å². The van der Waals surface area contributed by atoms with Crippen LogP contribution in [0.2, 0.25) is 0 Å². The fourth-order valence-corrected chi connectivity index (χ4v) is 2.81. The van der Waals surface area contributed by atoms with Crippen LogP contribution in [0.15, 0.2) is 30.3 Å². The maximum Gasteiger partial charge on any atom is 0.0243 e. The quantitative estimate of drug-likeness (QED) is 0.858. The highest BCUT2D eigenvalue weighted by atomic mass is 15.1. The number of hydrogen-bond donors (Lipinski definition) is 1. The van der Waals surface area contributed by atoms with Gasteiger partial charge in [-0.05, 0) is 32.5 Å². The lowest BCUT2D eigenvalue weighted by Crippen LogP contribution is -2.48. The minimum absolute atomic E-state index is 0.652. The molecule has 0 saturated heterocycles. The Morgan fingerprint density at radius 1 is 1.12 bits per heavy atom. The van der Waals surface area contributed by atoms with Crippen LogP contribution in [-0.4, -0.2) is 31.1 Å². The first-order chi connectivity index (χ1) is 8.27. The van der Waals surface area contributed by atoms with Crippen LogP contribution in [0.25, 0.3) is 0 Å². The van der Waals surface area contributed by atoms with Gasteiger partial charge in [-0.3, -0.25) is 0 Å². The van der Waals surface area contributed by atoms with E-state index in [1.54, 1.807) is 0 Å². The van der Waals surface area contributed by atoms with E-state index in [0.29, 0.717) is 12.1 Å². The number of nitrogens with one attached hydrogen (secondary N) is 1. The van der Waals surface area contributed by atoms with Crippen LogP contribution < -0.4 is 5.32 Å². The molecule has 2 heteroatoms. The zero-order valence-electron chi connectivity index (χ0n) is 11.0. The number of hydrogen-bond acceptors (Lipinski definition) is 2. The molecule has 1 N–H and O–H groups in total. The fraction of sp³-hybridized carbons (Fsp3) is 0.600. The lowest BCUT2D eigenvalue weighted by molar-refractivity contribution is 0.176. The van der Waals surface area contributed by atoms with Gasteiger partial charge >= 0.3 is 0 Å². The summed E-state index contributed by atoms with van der Waals surface area (Å²) in [7, 11) is 4.40. The third kappa shape index (κ3) is 3.55. The highest BCUT2D eigenvalue weighted by molar-refractivity contribution is 5.14. The van der Waals surface area contributed by atoms with Crippen molar-refractivity contribution in [3.05, 3.63) is 35.9 Å². The van der Waals surface area contributed by atoms with Crippen LogP contribution in [0.5, 0.6) is 0 Å². The SMILES string of the molecule is CN(C)C1CCCCC1NCc1ccccc1. The lowest BCUT2D eigenvalue weighted by atomic mass is 9.89. The minimum atomic E-state index is 0.652. The Morgan fingerprint density at radius 2 is 1.82 bits per heavy atom. The fourth-order valence-electron chi connectivity index (χ4n) is 2.81. The summed E-state index contributed by atoms with van der Waals surface area (Å²) in [5.74, 6) is 0. The third-order valence-electron chi connectivity index (χ3n) is 3.80. The van der Waals surface area contributed by atoms with Crippen LogP contribution in [0.4, 0.5) is 0 Å². The van der Waals surface area contributed by atoms with Gasteiger partial charge in [0.1, 0.15) is 0 Å². The van der Waals surface area contributed by atoms with E-state index in [2.05, 4.69) is 54.6 Å². The van der Waals surface area contributed by atoms with Crippen LogP contribution in [0.1, 0.15) is 31.2 Å². The van der Waals surface area contributed by atoms with Gasteiger partial charge in [0.25, 0.3) is 0 Å². The second kappa shape index (κ2) is 6.18.